The summed E-state index contributed by atoms with van der Waals surface area (Å²) in [5, 5.41) is 0. The van der Waals surface area contributed by atoms with E-state index in [0.29, 0.717) is 6.47 Å². The first-order valence-corrected chi connectivity index (χ1v) is 0.880. The van der Waals surface area contributed by atoms with Gasteiger partial charge >= 0.3 is 0 Å². The molecule has 0 heterocycles. The summed E-state index contributed by atoms with van der Waals surface area (Å²) in [5.74, 6) is 0. The third-order valence-electron chi connectivity index (χ3n) is 0.0962. The van der Waals surface area contributed by atoms with Crippen molar-refractivity contribution in [3.63, 3.8) is 0 Å². The number of methoxy groups -OCH3 is 1. The van der Waals surface area contributed by atoms with Crippen molar-refractivity contribution in [1.29, 1.82) is 0 Å². The fraction of sp³-hybridized carbons (Fsp3) is 0.500. The second-order valence-electron chi connectivity index (χ2n) is 0.332. The summed E-state index contributed by atoms with van der Waals surface area (Å²) in [6.07, 6.45) is 0. The summed E-state index contributed by atoms with van der Waals surface area (Å²) >= 11 is 0. The van der Waals surface area contributed by atoms with Crippen molar-refractivity contribution in [3.8, 4) is 0 Å². The van der Waals surface area contributed by atoms with Crippen LogP contribution in [-0.4, -0.2) is 13.6 Å². The first-order chi connectivity index (χ1) is 1.91. The van der Waals surface area contributed by atoms with Crippen molar-refractivity contribution in [2.24, 2.45) is 0 Å². The molecule has 0 amide bonds. The zero-order chi connectivity index (χ0) is 3.41. The monoisotopic (exact) mass is 162 g/mol. The summed E-state index contributed by atoms with van der Waals surface area (Å²) in [5.41, 5.74) is 0. The summed E-state index contributed by atoms with van der Waals surface area (Å²) in [4.78, 5) is 8.95. The quantitative estimate of drug-likeness (QED) is 0.393. The number of hydrogen-bond donors (Lipinski definition) is 0. The van der Waals surface area contributed by atoms with Crippen LogP contribution in [0.1, 0.15) is 0 Å². The van der Waals surface area contributed by atoms with Crippen molar-refractivity contribution in [1.82, 2.24) is 0 Å². The molecule has 0 aliphatic carbocycles. The normalized spacial score (nSPS) is 4.20. The molecule has 0 aromatic carbocycles. The van der Waals surface area contributed by atoms with Crippen LogP contribution in [0.3, 0.4) is 0 Å². The van der Waals surface area contributed by atoms with Gasteiger partial charge in [-0.2, -0.15) is 0 Å². The average Bonchev–Trinajstić information content (AvgIpc) is 1.37. The number of carbonyl (C=O) groups excluding carboxylic acids is 1. The van der Waals surface area contributed by atoms with Gasteiger partial charge < -0.3 is 4.74 Å². The van der Waals surface area contributed by atoms with Gasteiger partial charge in [0.15, 0.2) is 0 Å². The van der Waals surface area contributed by atoms with Crippen molar-refractivity contribution >= 4 is 6.47 Å². The topological polar surface area (TPSA) is 26.3 Å². The van der Waals surface area contributed by atoms with Crippen LogP contribution < -0.4 is 0 Å². The standard InChI is InChI=1S/C2H4O2.Ru/c1-4-2-3;/h2H,1H3;. The molecule has 32 valence electrons. The Balaban J connectivity index is 0. The summed E-state index contributed by atoms with van der Waals surface area (Å²) < 4.78 is 3.86. The number of rotatable bonds is 1. The molecule has 0 aromatic heterocycles. The van der Waals surface area contributed by atoms with Gasteiger partial charge in [-0.25, -0.2) is 0 Å². The van der Waals surface area contributed by atoms with Crippen LogP contribution in [0.4, 0.5) is 0 Å². The molecule has 0 aromatic rings. The maximum atomic E-state index is 8.95. The Bertz CT molecular complexity index is 21.6. The third-order valence-corrected chi connectivity index (χ3v) is 0.0962. The fourth-order valence-corrected chi connectivity index (χ4v) is 0. The summed E-state index contributed by atoms with van der Waals surface area (Å²) in [6.45, 7) is 0.375. The molecule has 2 nitrogen and oxygen atoms in total. The van der Waals surface area contributed by atoms with Gasteiger partial charge in [0, 0.05) is 19.5 Å². The van der Waals surface area contributed by atoms with E-state index >= 15 is 0 Å². The zero-order valence-electron chi connectivity index (χ0n) is 2.75. The largest absolute Gasteiger partial charge is 0.471 e. The van der Waals surface area contributed by atoms with Gasteiger partial charge in [0.1, 0.15) is 0 Å². The average molecular weight is 161 g/mol. The van der Waals surface area contributed by atoms with E-state index in [1.807, 2.05) is 0 Å². The van der Waals surface area contributed by atoms with Gasteiger partial charge in [0.2, 0.25) is 0 Å². The molecule has 0 spiro atoms. The van der Waals surface area contributed by atoms with E-state index in [9.17, 15) is 0 Å². The first kappa shape index (κ1) is 8.92. The van der Waals surface area contributed by atoms with Crippen molar-refractivity contribution in [2.45, 2.75) is 0 Å². The van der Waals surface area contributed by atoms with Gasteiger partial charge in [-0.1, -0.05) is 0 Å². The molecule has 0 rings (SSSR count). The molecule has 0 atom stereocenters. The molecule has 0 N–H and O–H groups in total. The van der Waals surface area contributed by atoms with Crippen molar-refractivity contribution < 1.29 is 29.0 Å². The summed E-state index contributed by atoms with van der Waals surface area (Å²) in [7, 11) is 1.31. The molecule has 0 aliphatic rings. The second-order valence-corrected chi connectivity index (χ2v) is 0.332. The Morgan fingerprint density at radius 3 is 2.00 bits per heavy atom. The van der Waals surface area contributed by atoms with E-state index in [4.69, 9.17) is 4.79 Å². The zero-order valence-corrected chi connectivity index (χ0v) is 4.49. The van der Waals surface area contributed by atoms with Crippen molar-refractivity contribution in [3.05, 3.63) is 0 Å². The van der Waals surface area contributed by atoms with Crippen LogP contribution in [0.15, 0.2) is 0 Å². The molecule has 0 fully saturated rings. The smallest absolute Gasteiger partial charge is 0.292 e. The van der Waals surface area contributed by atoms with Crippen LogP contribution in [0.5, 0.6) is 0 Å². The van der Waals surface area contributed by atoms with E-state index in [1.165, 1.54) is 7.11 Å². The van der Waals surface area contributed by atoms with Crippen LogP contribution >= 0.6 is 0 Å². The van der Waals surface area contributed by atoms with Gasteiger partial charge in [-0.05, 0) is 0 Å². The summed E-state index contributed by atoms with van der Waals surface area (Å²) in [6, 6.07) is 0. The van der Waals surface area contributed by atoms with E-state index in [-0.39, 0.29) is 19.5 Å². The van der Waals surface area contributed by atoms with Crippen LogP contribution in [0, 0.1) is 0 Å². The van der Waals surface area contributed by atoms with Gasteiger partial charge in [-0.3, -0.25) is 4.79 Å². The Morgan fingerprint density at radius 2 is 2.00 bits per heavy atom. The molecule has 0 aliphatic heterocycles. The Hall–Kier alpha value is 0.0934. The predicted molar refractivity (Wildman–Crippen MR) is 13.1 cm³/mol. The minimum atomic E-state index is 0. The Kier molecular flexibility index (Phi) is 15.9. The molecular weight excluding hydrogens is 157 g/mol. The third kappa shape index (κ3) is 15.0. The molecule has 0 saturated carbocycles. The maximum absolute atomic E-state index is 8.95. The van der Waals surface area contributed by atoms with Gasteiger partial charge in [-0.15, -0.1) is 0 Å². The molecule has 0 saturated heterocycles. The first-order valence-electron chi connectivity index (χ1n) is 0.880. The van der Waals surface area contributed by atoms with Crippen LogP contribution in [0.2, 0.25) is 0 Å². The van der Waals surface area contributed by atoms with Crippen LogP contribution in [-0.2, 0) is 29.0 Å². The van der Waals surface area contributed by atoms with Gasteiger partial charge in [0.25, 0.3) is 6.47 Å². The van der Waals surface area contributed by atoms with E-state index in [0.717, 1.165) is 0 Å². The maximum Gasteiger partial charge on any atom is 0.292 e. The fourth-order valence-electron chi connectivity index (χ4n) is 0. The Morgan fingerprint density at radius 1 is 1.80 bits per heavy atom. The molecule has 0 bridgehead atoms. The van der Waals surface area contributed by atoms with Gasteiger partial charge in [0.05, 0.1) is 7.11 Å². The minimum Gasteiger partial charge on any atom is -0.471 e. The Labute approximate surface area is 43.3 Å². The molecule has 0 unspecified atom stereocenters. The molecule has 5 heavy (non-hydrogen) atoms. The SMILES string of the molecule is COC=O.[Ru]. The minimum absolute atomic E-state index is 0. The predicted octanol–water partition coefficient (Wildman–Crippen LogP) is -0.213. The molecule has 3 heteroatoms. The van der Waals surface area contributed by atoms with E-state index < -0.39 is 0 Å². The number of hydrogen-bond acceptors (Lipinski definition) is 2. The van der Waals surface area contributed by atoms with Crippen molar-refractivity contribution in [2.75, 3.05) is 7.11 Å². The van der Waals surface area contributed by atoms with Crippen LogP contribution in [0.25, 0.3) is 0 Å². The van der Waals surface area contributed by atoms with E-state index in [1.54, 1.807) is 0 Å². The number of ether oxygens (including phenoxy) is 1. The second kappa shape index (κ2) is 8.94. The van der Waals surface area contributed by atoms with E-state index in [2.05, 4.69) is 4.74 Å². The number of carbonyl (C=O) groups is 1. The molecular formula is C2H4O2Ru. The molecule has 0 radical (unpaired) electrons.